The number of phosphoric ester groups is 1. The molecule has 30 heavy (non-hydrogen) atoms. The minimum Gasteiger partial charge on any atom is -0.330 e. The molecule has 0 saturated carbocycles. The normalized spacial score (nSPS) is 12.4. The number of nitrogens with two attached hydrogens (primary N) is 2. The fraction of sp³-hybridized carbons (Fsp3) is 1.00. The molecule has 0 aromatic rings. The third kappa shape index (κ3) is 56.6. The molecule has 1 atom stereocenters. The van der Waals surface area contributed by atoms with E-state index >= 15 is 0 Å². The first-order valence-corrected chi connectivity index (χ1v) is 13.9. The summed E-state index contributed by atoms with van der Waals surface area (Å²) in [5.41, 5.74) is 10.9. The number of unbranched alkanes of at least 4 members (excludes halogenated alkanes) is 10. The molecule has 0 amide bonds. The minimum absolute atomic E-state index is 0.120. The van der Waals surface area contributed by atoms with Gasteiger partial charge >= 0.3 is 15.6 Å². The third-order valence-corrected chi connectivity index (χ3v) is 4.39. The first-order valence-electron chi connectivity index (χ1n) is 10.8. The summed E-state index contributed by atoms with van der Waals surface area (Å²) in [6, 6.07) is 0.403. The first-order chi connectivity index (χ1) is 13.8. The van der Waals surface area contributed by atoms with E-state index in [2.05, 4.69) is 18.4 Å². The summed E-state index contributed by atoms with van der Waals surface area (Å²) in [4.78, 5) is 38.1. The first kappa shape index (κ1) is 34.7. The van der Waals surface area contributed by atoms with E-state index in [0.29, 0.717) is 19.0 Å². The van der Waals surface area contributed by atoms with Crippen LogP contribution in [0.25, 0.3) is 0 Å². The van der Waals surface area contributed by atoms with Gasteiger partial charge in [0.2, 0.25) is 0 Å². The quantitative estimate of drug-likeness (QED) is 0.127. The SMILES string of the molecule is CCCCCCCCCCC(C)N.NCCCCCCOP(=O)(O)O.O=P(O)(O)O. The molecule has 0 fully saturated rings. The lowest BCUT2D eigenvalue weighted by molar-refractivity contribution is 0.193. The van der Waals surface area contributed by atoms with Gasteiger partial charge in [-0.1, -0.05) is 71.1 Å². The van der Waals surface area contributed by atoms with Gasteiger partial charge in [0.15, 0.2) is 0 Å². The van der Waals surface area contributed by atoms with Crippen molar-refractivity contribution in [2.75, 3.05) is 13.2 Å². The highest BCUT2D eigenvalue weighted by atomic mass is 31.2. The van der Waals surface area contributed by atoms with Gasteiger partial charge in [-0.15, -0.1) is 0 Å². The average molecular weight is 481 g/mol. The highest BCUT2D eigenvalue weighted by molar-refractivity contribution is 7.46. The summed E-state index contributed by atoms with van der Waals surface area (Å²) >= 11 is 0. The summed E-state index contributed by atoms with van der Waals surface area (Å²) in [6.07, 6.45) is 15.9. The standard InChI is InChI=1S/C12H27N.C6H16NO4P.H3O4P/c1-3-4-5-6-7-8-9-10-11-12(2)13;7-5-3-1-2-4-6-11-12(8,9)10;1-5(2,3)4/h12H,3-11,13H2,1-2H3;1-7H2,(H2,8,9,10);(H3,1,2,3,4). The molecule has 0 aliphatic heterocycles. The van der Waals surface area contributed by atoms with Crippen LogP contribution < -0.4 is 11.5 Å². The van der Waals surface area contributed by atoms with Crippen molar-refractivity contribution in [1.82, 2.24) is 0 Å². The summed E-state index contributed by atoms with van der Waals surface area (Å²) in [6.45, 7) is 5.15. The minimum atomic E-state index is -4.64. The van der Waals surface area contributed by atoms with Gasteiger partial charge in [-0.2, -0.15) is 0 Å². The lowest BCUT2D eigenvalue weighted by atomic mass is 10.1. The highest BCUT2D eigenvalue weighted by Crippen LogP contribution is 2.35. The predicted octanol–water partition coefficient (Wildman–Crippen LogP) is 3.55. The van der Waals surface area contributed by atoms with Crippen LogP contribution in [0.1, 0.15) is 97.3 Å². The summed E-state index contributed by atoms with van der Waals surface area (Å²) < 4.78 is 23.3. The average Bonchev–Trinajstić information content (AvgIpc) is 2.58. The Kier molecular flexibility index (Phi) is 27.6. The smallest absolute Gasteiger partial charge is 0.330 e. The zero-order valence-corrected chi connectivity index (χ0v) is 20.5. The molecule has 0 spiro atoms. The van der Waals surface area contributed by atoms with Crippen LogP contribution in [0, 0.1) is 0 Å². The van der Waals surface area contributed by atoms with E-state index in [1.165, 1.54) is 57.8 Å². The van der Waals surface area contributed by atoms with E-state index in [1.807, 2.05) is 0 Å². The number of hydrogen-bond donors (Lipinski definition) is 7. The molecule has 0 aliphatic carbocycles. The van der Waals surface area contributed by atoms with Crippen LogP contribution in [-0.2, 0) is 13.7 Å². The van der Waals surface area contributed by atoms with E-state index in [9.17, 15) is 4.57 Å². The topological polar surface area (TPSA) is 197 Å². The molecule has 0 saturated heterocycles. The maximum atomic E-state index is 10.2. The summed E-state index contributed by atoms with van der Waals surface area (Å²) in [7, 11) is -8.88. The predicted molar refractivity (Wildman–Crippen MR) is 121 cm³/mol. The molecular formula is C18H46N2O8P2. The Morgan fingerprint density at radius 3 is 1.57 bits per heavy atom. The zero-order chi connectivity index (χ0) is 23.9. The maximum absolute atomic E-state index is 10.2. The molecular weight excluding hydrogens is 434 g/mol. The maximum Gasteiger partial charge on any atom is 0.469 e. The van der Waals surface area contributed by atoms with Crippen molar-refractivity contribution < 1.29 is 38.1 Å². The monoisotopic (exact) mass is 480 g/mol. The molecule has 0 radical (unpaired) electrons. The van der Waals surface area contributed by atoms with Crippen LogP contribution in [-0.4, -0.2) is 43.7 Å². The van der Waals surface area contributed by atoms with Crippen LogP contribution in [0.5, 0.6) is 0 Å². The van der Waals surface area contributed by atoms with E-state index in [4.69, 9.17) is 40.5 Å². The van der Waals surface area contributed by atoms with E-state index < -0.39 is 15.6 Å². The van der Waals surface area contributed by atoms with Gasteiger partial charge < -0.3 is 35.9 Å². The van der Waals surface area contributed by atoms with Gasteiger partial charge in [0.1, 0.15) is 0 Å². The molecule has 0 rings (SSSR count). The van der Waals surface area contributed by atoms with Crippen LogP contribution in [0.4, 0.5) is 0 Å². The molecule has 0 heterocycles. The van der Waals surface area contributed by atoms with Crippen molar-refractivity contribution in [3.63, 3.8) is 0 Å². The molecule has 10 nitrogen and oxygen atoms in total. The molecule has 12 heteroatoms. The largest absolute Gasteiger partial charge is 0.469 e. The molecule has 9 N–H and O–H groups in total. The number of hydrogen-bond acceptors (Lipinski definition) is 5. The Morgan fingerprint density at radius 2 is 1.17 bits per heavy atom. The molecule has 0 aromatic carbocycles. The Labute approximate surface area is 182 Å². The van der Waals surface area contributed by atoms with Crippen molar-refractivity contribution in [1.29, 1.82) is 0 Å². The third-order valence-electron chi connectivity index (χ3n) is 3.87. The second kappa shape index (κ2) is 23.8. The summed E-state index contributed by atoms with van der Waals surface area (Å²) in [5, 5.41) is 0. The van der Waals surface area contributed by atoms with Crippen LogP contribution in [0.2, 0.25) is 0 Å². The zero-order valence-electron chi connectivity index (χ0n) is 18.7. The lowest BCUT2D eigenvalue weighted by Gasteiger charge is -2.04. The van der Waals surface area contributed by atoms with Crippen molar-refractivity contribution in [2.45, 2.75) is 103 Å². The number of rotatable bonds is 16. The van der Waals surface area contributed by atoms with Gasteiger partial charge in [0.05, 0.1) is 6.61 Å². The van der Waals surface area contributed by atoms with Crippen LogP contribution in [0.15, 0.2) is 0 Å². The van der Waals surface area contributed by atoms with Gasteiger partial charge in [-0.3, -0.25) is 4.52 Å². The van der Waals surface area contributed by atoms with Crippen LogP contribution in [0.3, 0.4) is 0 Å². The van der Waals surface area contributed by atoms with E-state index in [0.717, 1.165) is 19.3 Å². The van der Waals surface area contributed by atoms with Gasteiger partial charge in [0, 0.05) is 6.04 Å². The molecule has 0 aliphatic rings. The highest BCUT2D eigenvalue weighted by Gasteiger charge is 2.12. The van der Waals surface area contributed by atoms with Gasteiger partial charge in [-0.05, 0) is 32.7 Å². The van der Waals surface area contributed by atoms with E-state index in [-0.39, 0.29) is 6.61 Å². The van der Waals surface area contributed by atoms with E-state index in [1.54, 1.807) is 0 Å². The molecule has 1 unspecified atom stereocenters. The van der Waals surface area contributed by atoms with Crippen LogP contribution >= 0.6 is 15.6 Å². The lowest BCUT2D eigenvalue weighted by Crippen LogP contribution is -2.13. The number of phosphoric acid groups is 2. The molecule has 0 bridgehead atoms. The summed E-state index contributed by atoms with van der Waals surface area (Å²) in [5.74, 6) is 0. The van der Waals surface area contributed by atoms with Crippen molar-refractivity contribution in [3.8, 4) is 0 Å². The molecule has 186 valence electrons. The molecule has 0 aromatic heterocycles. The Balaban J connectivity index is -0.000000399. The van der Waals surface area contributed by atoms with Crippen molar-refractivity contribution in [3.05, 3.63) is 0 Å². The van der Waals surface area contributed by atoms with Crippen molar-refractivity contribution >= 4 is 15.6 Å². The second-order valence-electron chi connectivity index (χ2n) is 7.28. The van der Waals surface area contributed by atoms with Crippen molar-refractivity contribution in [2.24, 2.45) is 11.5 Å². The fourth-order valence-corrected chi connectivity index (χ4v) is 2.75. The van der Waals surface area contributed by atoms with Gasteiger partial charge in [-0.25, -0.2) is 9.13 Å². The Bertz CT molecular complexity index is 422. The fourth-order valence-electron chi connectivity index (χ4n) is 2.38. The Morgan fingerprint density at radius 1 is 0.767 bits per heavy atom. The Hall–Kier alpha value is 0.140. The van der Waals surface area contributed by atoms with Gasteiger partial charge in [0.25, 0.3) is 0 Å². The second-order valence-corrected chi connectivity index (χ2v) is 9.55.